The summed E-state index contributed by atoms with van der Waals surface area (Å²) in [4.78, 5) is 14.4. The molecule has 1 saturated heterocycles. The maximum absolute atomic E-state index is 12.1. The molecule has 1 aromatic carbocycles. The van der Waals surface area contributed by atoms with Gasteiger partial charge < -0.3 is 15.0 Å². The Labute approximate surface area is 129 Å². The molecule has 2 aromatic rings. The number of rotatable bonds is 3. The molecule has 1 unspecified atom stereocenters. The summed E-state index contributed by atoms with van der Waals surface area (Å²) in [6.07, 6.45) is 1.78. The molecule has 3 rings (SSSR count). The van der Waals surface area contributed by atoms with E-state index < -0.39 is 0 Å². The number of morpholine rings is 1. The van der Waals surface area contributed by atoms with Crippen LogP contribution in [-0.4, -0.2) is 41.9 Å². The highest BCUT2D eigenvalue weighted by molar-refractivity contribution is 6.04. The molecule has 1 aliphatic heterocycles. The zero-order chi connectivity index (χ0) is 15.5. The minimum absolute atomic E-state index is 0.154. The number of nitrogens with one attached hydrogen (secondary N) is 2. The fourth-order valence-corrected chi connectivity index (χ4v) is 2.59. The zero-order valence-corrected chi connectivity index (χ0v) is 12.8. The summed E-state index contributed by atoms with van der Waals surface area (Å²) in [5.74, 6) is -0.154. The summed E-state index contributed by atoms with van der Waals surface area (Å²) in [6.45, 7) is 6.43. The highest BCUT2D eigenvalue weighted by Gasteiger charge is 2.17. The molecule has 1 atom stereocenters. The molecule has 6 heteroatoms. The summed E-state index contributed by atoms with van der Waals surface area (Å²) in [5.41, 5.74) is 3.24. The van der Waals surface area contributed by atoms with E-state index in [4.69, 9.17) is 4.74 Å². The van der Waals surface area contributed by atoms with Gasteiger partial charge in [-0.25, -0.2) is 0 Å². The van der Waals surface area contributed by atoms with Gasteiger partial charge in [-0.05, 0) is 38.1 Å². The smallest absolute Gasteiger partial charge is 0.259 e. The highest BCUT2D eigenvalue weighted by Crippen LogP contribution is 2.21. The van der Waals surface area contributed by atoms with E-state index in [0.29, 0.717) is 5.56 Å². The molecular formula is C16H20N4O2. The van der Waals surface area contributed by atoms with Crippen LogP contribution < -0.4 is 10.2 Å². The van der Waals surface area contributed by atoms with Crippen molar-refractivity contribution in [3.05, 3.63) is 41.7 Å². The first-order valence-corrected chi connectivity index (χ1v) is 7.41. The van der Waals surface area contributed by atoms with Gasteiger partial charge >= 0.3 is 0 Å². The van der Waals surface area contributed by atoms with Crippen molar-refractivity contribution in [2.75, 3.05) is 29.9 Å². The molecule has 6 nitrogen and oxygen atoms in total. The second-order valence-corrected chi connectivity index (χ2v) is 5.54. The van der Waals surface area contributed by atoms with Gasteiger partial charge in [-0.15, -0.1) is 0 Å². The average Bonchev–Trinajstić information content (AvgIpc) is 2.94. The fourth-order valence-electron chi connectivity index (χ4n) is 2.59. The summed E-state index contributed by atoms with van der Waals surface area (Å²) in [5, 5.41) is 9.51. The van der Waals surface area contributed by atoms with E-state index in [2.05, 4.69) is 27.3 Å². The van der Waals surface area contributed by atoms with Crippen LogP contribution in [0.4, 0.5) is 11.4 Å². The Bertz CT molecular complexity index is 650. The number of hydrogen-bond donors (Lipinski definition) is 2. The number of H-pyrrole nitrogens is 1. The zero-order valence-electron chi connectivity index (χ0n) is 12.8. The minimum Gasteiger partial charge on any atom is -0.375 e. The third kappa shape index (κ3) is 3.12. The predicted molar refractivity (Wildman–Crippen MR) is 85.3 cm³/mol. The number of ether oxygens (including phenoxy) is 1. The van der Waals surface area contributed by atoms with E-state index in [1.165, 1.54) is 6.20 Å². The number of aromatic amines is 1. The fraction of sp³-hybridized carbons (Fsp3) is 0.375. The van der Waals surface area contributed by atoms with E-state index in [1.807, 2.05) is 31.2 Å². The third-order valence-corrected chi connectivity index (χ3v) is 3.81. The first-order valence-electron chi connectivity index (χ1n) is 7.41. The molecule has 0 saturated carbocycles. The van der Waals surface area contributed by atoms with Gasteiger partial charge in [0.05, 0.1) is 24.5 Å². The molecule has 0 aliphatic carbocycles. The van der Waals surface area contributed by atoms with Crippen LogP contribution in [-0.2, 0) is 4.74 Å². The maximum Gasteiger partial charge on any atom is 0.259 e. The summed E-state index contributed by atoms with van der Waals surface area (Å²) in [6, 6.07) is 7.89. The summed E-state index contributed by atoms with van der Waals surface area (Å²) >= 11 is 0. The second-order valence-electron chi connectivity index (χ2n) is 5.54. The number of hydrogen-bond acceptors (Lipinski definition) is 4. The van der Waals surface area contributed by atoms with Gasteiger partial charge in [-0.2, -0.15) is 5.10 Å². The lowest BCUT2D eigenvalue weighted by molar-refractivity contribution is 0.0532. The first kappa shape index (κ1) is 14.6. The molecule has 22 heavy (non-hydrogen) atoms. The molecule has 2 heterocycles. The normalized spacial score (nSPS) is 18.3. The molecule has 0 spiro atoms. The van der Waals surface area contributed by atoms with Crippen molar-refractivity contribution in [3.8, 4) is 0 Å². The van der Waals surface area contributed by atoms with Crippen molar-refractivity contribution in [2.24, 2.45) is 0 Å². The van der Waals surface area contributed by atoms with Crippen molar-refractivity contribution in [1.82, 2.24) is 10.2 Å². The molecule has 2 N–H and O–H groups in total. The molecule has 1 aromatic heterocycles. The number of nitrogens with zero attached hydrogens (tertiary/aromatic N) is 2. The Kier molecular flexibility index (Phi) is 4.11. The highest BCUT2D eigenvalue weighted by atomic mass is 16.5. The molecule has 0 radical (unpaired) electrons. The molecular weight excluding hydrogens is 280 g/mol. The topological polar surface area (TPSA) is 70.2 Å². The molecule has 0 bridgehead atoms. The van der Waals surface area contributed by atoms with Crippen molar-refractivity contribution in [2.45, 2.75) is 20.0 Å². The quantitative estimate of drug-likeness (QED) is 0.911. The van der Waals surface area contributed by atoms with E-state index in [-0.39, 0.29) is 12.0 Å². The predicted octanol–water partition coefficient (Wildman–Crippen LogP) is 2.20. The van der Waals surface area contributed by atoms with Gasteiger partial charge in [0.25, 0.3) is 5.91 Å². The van der Waals surface area contributed by atoms with Crippen LogP contribution in [0, 0.1) is 6.92 Å². The van der Waals surface area contributed by atoms with Crippen LogP contribution in [0.1, 0.15) is 23.0 Å². The monoisotopic (exact) mass is 300 g/mol. The van der Waals surface area contributed by atoms with Crippen molar-refractivity contribution in [1.29, 1.82) is 0 Å². The maximum atomic E-state index is 12.1. The van der Waals surface area contributed by atoms with E-state index >= 15 is 0 Å². The Morgan fingerprint density at radius 3 is 2.82 bits per heavy atom. The number of aromatic nitrogens is 2. The average molecular weight is 300 g/mol. The van der Waals surface area contributed by atoms with Gasteiger partial charge in [-0.3, -0.25) is 9.89 Å². The van der Waals surface area contributed by atoms with Crippen molar-refractivity contribution < 1.29 is 9.53 Å². The Morgan fingerprint density at radius 1 is 1.41 bits per heavy atom. The number of aryl methyl sites for hydroxylation is 1. The van der Waals surface area contributed by atoms with E-state index in [1.54, 1.807) is 0 Å². The van der Waals surface area contributed by atoms with Gasteiger partial charge in [-0.1, -0.05) is 0 Å². The van der Waals surface area contributed by atoms with E-state index in [9.17, 15) is 4.79 Å². The van der Waals surface area contributed by atoms with E-state index in [0.717, 1.165) is 36.8 Å². The third-order valence-electron chi connectivity index (χ3n) is 3.81. The van der Waals surface area contributed by atoms with Crippen LogP contribution in [0.25, 0.3) is 0 Å². The van der Waals surface area contributed by atoms with Crippen LogP contribution in [0.3, 0.4) is 0 Å². The minimum atomic E-state index is -0.154. The van der Waals surface area contributed by atoms with Gasteiger partial charge in [0.15, 0.2) is 0 Å². The lowest BCUT2D eigenvalue weighted by Gasteiger charge is -2.33. The number of carbonyl (C=O) groups excluding carboxylic acids is 1. The Balaban J connectivity index is 1.67. The molecule has 1 aliphatic rings. The van der Waals surface area contributed by atoms with Crippen LogP contribution in [0.15, 0.2) is 30.5 Å². The number of anilines is 2. The Hall–Kier alpha value is -2.34. The lowest BCUT2D eigenvalue weighted by atomic mass is 10.2. The number of benzene rings is 1. The summed E-state index contributed by atoms with van der Waals surface area (Å²) in [7, 11) is 0. The van der Waals surface area contributed by atoms with Crippen molar-refractivity contribution in [3.63, 3.8) is 0 Å². The van der Waals surface area contributed by atoms with Crippen LogP contribution >= 0.6 is 0 Å². The Morgan fingerprint density at radius 2 is 2.18 bits per heavy atom. The van der Waals surface area contributed by atoms with Gasteiger partial charge in [0.2, 0.25) is 0 Å². The molecule has 116 valence electrons. The largest absolute Gasteiger partial charge is 0.375 e. The molecule has 1 fully saturated rings. The van der Waals surface area contributed by atoms with Gasteiger partial charge in [0.1, 0.15) is 0 Å². The van der Waals surface area contributed by atoms with Gasteiger partial charge in [0, 0.05) is 30.2 Å². The SMILES string of the molecule is Cc1[nH]ncc1C(=O)Nc1ccc(N2CCOC(C)C2)cc1. The number of carbonyl (C=O) groups is 1. The van der Waals surface area contributed by atoms with Crippen LogP contribution in [0.5, 0.6) is 0 Å². The second kappa shape index (κ2) is 6.19. The standard InChI is InChI=1S/C16H20N4O2/c1-11-10-20(7-8-22-11)14-5-3-13(4-6-14)18-16(21)15-9-17-19-12(15)2/h3-6,9,11H,7-8,10H2,1-2H3,(H,17,19)(H,18,21). The lowest BCUT2D eigenvalue weighted by Crippen LogP contribution is -2.41. The van der Waals surface area contributed by atoms with Crippen molar-refractivity contribution >= 4 is 17.3 Å². The number of amides is 1. The molecule has 1 amide bonds. The van der Waals surface area contributed by atoms with Crippen LogP contribution in [0.2, 0.25) is 0 Å². The summed E-state index contributed by atoms with van der Waals surface area (Å²) < 4.78 is 5.55. The first-order chi connectivity index (χ1) is 10.6.